The van der Waals surface area contributed by atoms with Crippen molar-refractivity contribution in [3.63, 3.8) is 0 Å². The van der Waals surface area contributed by atoms with Crippen LogP contribution in [0.1, 0.15) is 56.3 Å². The Morgan fingerprint density at radius 2 is 1.98 bits per heavy atom. The first-order valence-corrected chi connectivity index (χ1v) is 13.6. The monoisotopic (exact) mass is 540 g/mol. The number of fused-ring (bicyclic) bond motifs is 2. The number of carbonyl (C=O) groups is 2. The van der Waals surface area contributed by atoms with Gasteiger partial charge in [0.15, 0.2) is 0 Å². The van der Waals surface area contributed by atoms with Gasteiger partial charge in [-0.15, -0.1) is 0 Å². The van der Waals surface area contributed by atoms with Crippen molar-refractivity contribution in [3.05, 3.63) is 71.8 Å². The predicted molar refractivity (Wildman–Crippen MR) is 150 cm³/mol. The van der Waals surface area contributed by atoms with E-state index >= 15 is 0 Å². The first kappa shape index (κ1) is 26.0. The van der Waals surface area contributed by atoms with Crippen molar-refractivity contribution < 1.29 is 24.2 Å². The minimum Gasteiger partial charge on any atom is -0.464 e. The lowest BCUT2D eigenvalue weighted by Crippen LogP contribution is -2.36. The van der Waals surface area contributed by atoms with E-state index in [1.54, 1.807) is 24.8 Å². The Morgan fingerprint density at radius 3 is 2.73 bits per heavy atom. The number of hydrogen-bond acceptors (Lipinski definition) is 6. The molecule has 0 radical (unpaired) electrons. The van der Waals surface area contributed by atoms with Gasteiger partial charge in [-0.1, -0.05) is 12.1 Å². The second-order valence-electron chi connectivity index (χ2n) is 11.4. The summed E-state index contributed by atoms with van der Waals surface area (Å²) in [5.41, 5.74) is 6.61. The van der Waals surface area contributed by atoms with Crippen LogP contribution in [0.4, 0.5) is 9.59 Å². The number of pyridine rings is 2. The molecule has 6 rings (SSSR count). The Labute approximate surface area is 232 Å². The standard InChI is InChI=1S/C31H32N4O5/c1-31(2,3)40-30(38)34-10-5-7-27(34)23-13-21(12-19-8-11-39-18-26(19)23)22-14-24-25(20-6-4-9-32-15-20)17-35(29(36)37)28(24)33-16-22/h4,6,9,12-17,27H,5,7-8,10-11,18H2,1-3H3,(H,36,37)/t27-/m0/s1. The molecule has 0 aliphatic carbocycles. The number of rotatable bonds is 3. The fourth-order valence-electron chi connectivity index (χ4n) is 5.77. The van der Waals surface area contributed by atoms with Crippen LogP contribution in [0.2, 0.25) is 0 Å². The first-order chi connectivity index (χ1) is 19.2. The number of ether oxygens (including phenoxy) is 2. The number of aromatic nitrogens is 3. The van der Waals surface area contributed by atoms with Gasteiger partial charge in [-0.2, -0.15) is 0 Å². The van der Waals surface area contributed by atoms with E-state index in [2.05, 4.69) is 22.1 Å². The quantitative estimate of drug-likeness (QED) is 0.319. The van der Waals surface area contributed by atoms with Crippen LogP contribution in [0.3, 0.4) is 0 Å². The number of likely N-dealkylation sites (tertiary alicyclic amines) is 1. The highest BCUT2D eigenvalue weighted by atomic mass is 16.6. The smallest absolute Gasteiger partial charge is 0.417 e. The van der Waals surface area contributed by atoms with Crippen LogP contribution in [0.25, 0.3) is 33.3 Å². The van der Waals surface area contributed by atoms with E-state index in [1.807, 2.05) is 43.9 Å². The van der Waals surface area contributed by atoms with Crippen LogP contribution in [-0.4, -0.2) is 55.5 Å². The van der Waals surface area contributed by atoms with E-state index in [0.717, 1.165) is 62.6 Å². The Hall–Kier alpha value is -4.24. The molecule has 0 spiro atoms. The minimum atomic E-state index is -1.10. The average molecular weight is 541 g/mol. The molecule has 1 N–H and O–H groups in total. The Bertz CT molecular complexity index is 1610. The molecule has 4 aromatic rings. The summed E-state index contributed by atoms with van der Waals surface area (Å²) in [5.74, 6) is 0. The van der Waals surface area contributed by atoms with E-state index in [9.17, 15) is 14.7 Å². The summed E-state index contributed by atoms with van der Waals surface area (Å²) in [7, 11) is 0. The number of hydrogen-bond donors (Lipinski definition) is 1. The summed E-state index contributed by atoms with van der Waals surface area (Å²) in [6.45, 7) is 7.43. The first-order valence-electron chi connectivity index (χ1n) is 13.6. The molecule has 5 heterocycles. The van der Waals surface area contributed by atoms with Crippen molar-refractivity contribution in [1.29, 1.82) is 0 Å². The van der Waals surface area contributed by atoms with E-state index in [0.29, 0.717) is 25.4 Å². The second-order valence-corrected chi connectivity index (χ2v) is 11.4. The summed E-state index contributed by atoms with van der Waals surface area (Å²) in [6, 6.07) is 9.93. The molecule has 2 aliphatic rings. The molecule has 3 aromatic heterocycles. The lowest BCUT2D eigenvalue weighted by molar-refractivity contribution is 0.0221. The van der Waals surface area contributed by atoms with Gasteiger partial charge in [0.05, 0.1) is 19.3 Å². The van der Waals surface area contributed by atoms with Gasteiger partial charge >= 0.3 is 12.2 Å². The maximum absolute atomic E-state index is 13.2. The van der Waals surface area contributed by atoms with Crippen molar-refractivity contribution in [3.8, 4) is 22.3 Å². The molecule has 1 amide bonds. The number of nitrogens with zero attached hydrogens (tertiary/aromatic N) is 4. The average Bonchev–Trinajstić information content (AvgIpc) is 3.57. The molecular weight excluding hydrogens is 508 g/mol. The normalized spacial score (nSPS) is 17.2. The number of benzene rings is 1. The summed E-state index contributed by atoms with van der Waals surface area (Å²) in [6.07, 6.45) is 7.84. The van der Waals surface area contributed by atoms with Gasteiger partial charge in [0.2, 0.25) is 0 Å². The molecule has 0 bridgehead atoms. The third-order valence-corrected chi connectivity index (χ3v) is 7.53. The van der Waals surface area contributed by atoms with Gasteiger partial charge in [-0.25, -0.2) is 19.1 Å². The number of carbonyl (C=O) groups excluding carboxylic acids is 1. The van der Waals surface area contributed by atoms with E-state index in [1.165, 1.54) is 5.56 Å². The summed E-state index contributed by atoms with van der Waals surface area (Å²) in [5, 5.41) is 10.5. The highest BCUT2D eigenvalue weighted by molar-refractivity contribution is 6.00. The molecule has 2 aliphatic heterocycles. The minimum absolute atomic E-state index is 0.110. The molecule has 9 heteroatoms. The van der Waals surface area contributed by atoms with Gasteiger partial charge < -0.3 is 19.5 Å². The SMILES string of the molecule is CC(C)(C)OC(=O)N1CCC[C@H]1c1cc(-c2cnc3c(c2)c(-c2cccnc2)cn3C(=O)O)cc2c1COCC2. The number of carboxylic acid groups (broad SMARTS) is 1. The lowest BCUT2D eigenvalue weighted by Gasteiger charge is -2.31. The summed E-state index contributed by atoms with van der Waals surface area (Å²) < 4.78 is 12.7. The van der Waals surface area contributed by atoms with Crippen molar-refractivity contribution in [2.75, 3.05) is 13.2 Å². The zero-order chi connectivity index (χ0) is 28.0. The molecule has 9 nitrogen and oxygen atoms in total. The molecule has 1 atom stereocenters. The topological polar surface area (TPSA) is 107 Å². The fourth-order valence-corrected chi connectivity index (χ4v) is 5.77. The Morgan fingerprint density at radius 1 is 1.12 bits per heavy atom. The van der Waals surface area contributed by atoms with Gasteiger partial charge in [-0.05, 0) is 80.5 Å². The van der Waals surface area contributed by atoms with E-state index < -0.39 is 11.7 Å². The molecular formula is C31H32N4O5. The van der Waals surface area contributed by atoms with Crippen LogP contribution in [0, 0.1) is 0 Å². The Kier molecular flexibility index (Phi) is 6.54. The Balaban J connectivity index is 1.47. The van der Waals surface area contributed by atoms with Gasteiger partial charge in [0.1, 0.15) is 11.2 Å². The van der Waals surface area contributed by atoms with Gasteiger partial charge in [0.25, 0.3) is 0 Å². The zero-order valence-corrected chi connectivity index (χ0v) is 22.9. The molecule has 0 unspecified atom stereocenters. The molecule has 40 heavy (non-hydrogen) atoms. The molecule has 1 saturated heterocycles. The molecule has 1 fully saturated rings. The number of amides is 1. The van der Waals surface area contributed by atoms with E-state index in [4.69, 9.17) is 9.47 Å². The molecule has 1 aromatic carbocycles. The lowest BCUT2D eigenvalue weighted by atomic mass is 9.88. The van der Waals surface area contributed by atoms with Crippen LogP contribution < -0.4 is 0 Å². The van der Waals surface area contributed by atoms with Crippen molar-refractivity contribution in [2.24, 2.45) is 0 Å². The maximum atomic E-state index is 13.2. The molecule has 206 valence electrons. The van der Waals surface area contributed by atoms with Crippen molar-refractivity contribution in [1.82, 2.24) is 19.4 Å². The predicted octanol–water partition coefficient (Wildman–Crippen LogP) is 6.44. The van der Waals surface area contributed by atoms with Crippen molar-refractivity contribution in [2.45, 2.75) is 58.3 Å². The van der Waals surface area contributed by atoms with Crippen molar-refractivity contribution >= 4 is 23.2 Å². The van der Waals surface area contributed by atoms with Crippen LogP contribution in [0.15, 0.2) is 55.1 Å². The third kappa shape index (κ3) is 4.81. The second kappa shape index (κ2) is 10.1. The van der Waals surface area contributed by atoms with Crippen LogP contribution >= 0.6 is 0 Å². The maximum Gasteiger partial charge on any atom is 0.417 e. The largest absolute Gasteiger partial charge is 0.464 e. The zero-order valence-electron chi connectivity index (χ0n) is 22.9. The van der Waals surface area contributed by atoms with Crippen LogP contribution in [0.5, 0.6) is 0 Å². The van der Waals surface area contributed by atoms with Gasteiger partial charge in [-0.3, -0.25) is 4.98 Å². The highest BCUT2D eigenvalue weighted by Gasteiger charge is 2.35. The highest BCUT2D eigenvalue weighted by Crippen LogP contribution is 2.40. The summed E-state index contributed by atoms with van der Waals surface area (Å²) >= 11 is 0. The third-order valence-electron chi connectivity index (χ3n) is 7.53. The summed E-state index contributed by atoms with van der Waals surface area (Å²) in [4.78, 5) is 35.8. The van der Waals surface area contributed by atoms with Crippen LogP contribution in [-0.2, 0) is 22.5 Å². The fraction of sp³-hybridized carbons (Fsp3) is 0.355. The van der Waals surface area contributed by atoms with E-state index in [-0.39, 0.29) is 12.1 Å². The molecule has 0 saturated carbocycles. The van der Waals surface area contributed by atoms with Gasteiger partial charge in [0, 0.05) is 53.4 Å².